The summed E-state index contributed by atoms with van der Waals surface area (Å²) in [5, 5.41) is 4.42. The molecule has 140 valence electrons. The van der Waals surface area contributed by atoms with Crippen molar-refractivity contribution in [3.05, 3.63) is 36.4 Å². The Kier molecular flexibility index (Phi) is 4.89. The molecule has 1 fully saturated rings. The number of amides is 1. The highest BCUT2D eigenvalue weighted by Crippen LogP contribution is 2.29. The van der Waals surface area contributed by atoms with Crippen LogP contribution in [0.3, 0.4) is 0 Å². The van der Waals surface area contributed by atoms with Crippen molar-refractivity contribution in [1.29, 1.82) is 0 Å². The lowest BCUT2D eigenvalue weighted by Gasteiger charge is -2.33. The average Bonchev–Trinajstić information content (AvgIpc) is 3.05. The van der Waals surface area contributed by atoms with Gasteiger partial charge in [0.05, 0.1) is 12.2 Å². The summed E-state index contributed by atoms with van der Waals surface area (Å²) in [5.74, 6) is -0.326. The van der Waals surface area contributed by atoms with E-state index >= 15 is 0 Å². The van der Waals surface area contributed by atoms with E-state index < -0.39 is 5.60 Å². The summed E-state index contributed by atoms with van der Waals surface area (Å²) in [4.78, 5) is 13.9. The van der Waals surface area contributed by atoms with Crippen LogP contribution in [0.15, 0.2) is 30.6 Å². The Bertz CT molecular complexity index is 789. The number of nitrogen functional groups attached to an aromatic ring is 1. The van der Waals surface area contributed by atoms with Crippen molar-refractivity contribution >= 4 is 11.8 Å². The monoisotopic (exact) mass is 360 g/mol. The zero-order valence-corrected chi connectivity index (χ0v) is 15.4. The standard InChI is InChI=1S/C19H25FN4O2/c1-19(2,3)26-18(25)23-8-6-15(7-9-23)24-12-13(11-22-24)16-10-14(20)4-5-17(16)21/h4-5,10-12,15H,6-9,21H2,1-3H3. The number of piperidine rings is 1. The highest BCUT2D eigenvalue weighted by Gasteiger charge is 2.28. The molecule has 7 heteroatoms. The fraction of sp³-hybridized carbons (Fsp3) is 0.474. The number of likely N-dealkylation sites (tertiary alicyclic amines) is 1. The maximum atomic E-state index is 13.5. The third-order valence-corrected chi connectivity index (χ3v) is 4.42. The Morgan fingerprint density at radius 3 is 2.65 bits per heavy atom. The third kappa shape index (κ3) is 4.15. The molecule has 1 aliphatic heterocycles. The predicted octanol–water partition coefficient (Wildman–Crippen LogP) is 3.84. The van der Waals surface area contributed by atoms with Crippen molar-refractivity contribution in [2.45, 2.75) is 45.3 Å². The highest BCUT2D eigenvalue weighted by molar-refractivity contribution is 5.75. The molecule has 2 heterocycles. The smallest absolute Gasteiger partial charge is 0.410 e. The number of carbonyl (C=O) groups excluding carboxylic acids is 1. The lowest BCUT2D eigenvalue weighted by atomic mass is 10.1. The van der Waals surface area contributed by atoms with Gasteiger partial charge in [0.2, 0.25) is 0 Å². The number of nitrogens with two attached hydrogens (primary N) is 1. The molecule has 0 saturated carbocycles. The molecule has 1 aromatic carbocycles. The lowest BCUT2D eigenvalue weighted by Crippen LogP contribution is -2.42. The van der Waals surface area contributed by atoms with Crippen LogP contribution in [-0.2, 0) is 4.74 Å². The van der Waals surface area contributed by atoms with Gasteiger partial charge in [-0.3, -0.25) is 4.68 Å². The number of hydrogen-bond acceptors (Lipinski definition) is 4. The van der Waals surface area contributed by atoms with Gasteiger partial charge in [-0.25, -0.2) is 9.18 Å². The molecule has 0 atom stereocenters. The van der Waals surface area contributed by atoms with Gasteiger partial charge in [-0.15, -0.1) is 0 Å². The normalized spacial score (nSPS) is 15.9. The summed E-state index contributed by atoms with van der Waals surface area (Å²) in [6.07, 6.45) is 4.90. The molecular weight excluding hydrogens is 335 g/mol. The van der Waals surface area contributed by atoms with Gasteiger partial charge < -0.3 is 15.4 Å². The van der Waals surface area contributed by atoms with Gasteiger partial charge in [0, 0.05) is 36.1 Å². The van der Waals surface area contributed by atoms with Gasteiger partial charge in [0.1, 0.15) is 11.4 Å². The fourth-order valence-electron chi connectivity index (χ4n) is 3.09. The zero-order chi connectivity index (χ0) is 18.9. The van der Waals surface area contributed by atoms with Crippen LogP contribution in [-0.4, -0.2) is 39.5 Å². The van der Waals surface area contributed by atoms with Gasteiger partial charge in [0.25, 0.3) is 0 Å². The molecule has 1 aliphatic rings. The molecule has 26 heavy (non-hydrogen) atoms. The summed E-state index contributed by atoms with van der Waals surface area (Å²) in [6.45, 7) is 6.83. The number of ether oxygens (including phenoxy) is 1. The van der Waals surface area contributed by atoms with Crippen molar-refractivity contribution < 1.29 is 13.9 Å². The second-order valence-electron chi connectivity index (χ2n) is 7.64. The molecule has 0 bridgehead atoms. The topological polar surface area (TPSA) is 73.4 Å². The van der Waals surface area contributed by atoms with E-state index in [-0.39, 0.29) is 18.0 Å². The first-order valence-electron chi connectivity index (χ1n) is 8.80. The highest BCUT2D eigenvalue weighted by atomic mass is 19.1. The molecule has 1 amide bonds. The maximum Gasteiger partial charge on any atom is 0.410 e. The summed E-state index contributed by atoms with van der Waals surface area (Å²) < 4.78 is 20.8. The predicted molar refractivity (Wildman–Crippen MR) is 98.1 cm³/mol. The van der Waals surface area contributed by atoms with Crippen LogP contribution < -0.4 is 5.73 Å². The Morgan fingerprint density at radius 1 is 1.31 bits per heavy atom. The van der Waals surface area contributed by atoms with Crippen molar-refractivity contribution in [1.82, 2.24) is 14.7 Å². The second kappa shape index (κ2) is 6.97. The average molecular weight is 360 g/mol. The van der Waals surface area contributed by atoms with Gasteiger partial charge in [-0.2, -0.15) is 5.10 Å². The molecule has 0 spiro atoms. The minimum Gasteiger partial charge on any atom is -0.444 e. The van der Waals surface area contributed by atoms with E-state index in [1.807, 2.05) is 31.6 Å². The summed E-state index contributed by atoms with van der Waals surface area (Å²) in [6, 6.07) is 4.51. The van der Waals surface area contributed by atoms with Crippen LogP contribution in [0.25, 0.3) is 11.1 Å². The molecule has 2 N–H and O–H groups in total. The number of halogens is 1. The van der Waals surface area contributed by atoms with Crippen LogP contribution in [0.2, 0.25) is 0 Å². The Balaban J connectivity index is 1.65. The van der Waals surface area contributed by atoms with Crippen molar-refractivity contribution in [2.24, 2.45) is 0 Å². The van der Waals surface area contributed by atoms with Crippen LogP contribution in [0.4, 0.5) is 14.9 Å². The molecule has 1 saturated heterocycles. The maximum absolute atomic E-state index is 13.5. The number of aromatic nitrogens is 2. The van der Waals surface area contributed by atoms with Crippen LogP contribution in [0.5, 0.6) is 0 Å². The fourth-order valence-corrected chi connectivity index (χ4v) is 3.09. The van der Waals surface area contributed by atoms with E-state index in [1.54, 1.807) is 17.2 Å². The Hall–Kier alpha value is -2.57. The second-order valence-corrected chi connectivity index (χ2v) is 7.64. The molecule has 0 aliphatic carbocycles. The van der Waals surface area contributed by atoms with Crippen LogP contribution in [0, 0.1) is 5.82 Å². The van der Waals surface area contributed by atoms with E-state index in [2.05, 4.69) is 5.10 Å². The number of hydrogen-bond donors (Lipinski definition) is 1. The summed E-state index contributed by atoms with van der Waals surface area (Å²) in [5.41, 5.74) is 7.41. The summed E-state index contributed by atoms with van der Waals surface area (Å²) in [7, 11) is 0. The molecule has 1 aromatic heterocycles. The van der Waals surface area contributed by atoms with Crippen LogP contribution in [0.1, 0.15) is 39.7 Å². The molecule has 3 rings (SSSR count). The largest absolute Gasteiger partial charge is 0.444 e. The van der Waals surface area contributed by atoms with E-state index in [4.69, 9.17) is 10.5 Å². The van der Waals surface area contributed by atoms with Crippen molar-refractivity contribution in [2.75, 3.05) is 18.8 Å². The Labute approximate surface area is 152 Å². The minimum absolute atomic E-state index is 0.192. The van der Waals surface area contributed by atoms with E-state index in [1.165, 1.54) is 12.1 Å². The van der Waals surface area contributed by atoms with Gasteiger partial charge in [-0.05, 0) is 51.8 Å². The number of benzene rings is 1. The SMILES string of the molecule is CC(C)(C)OC(=O)N1CCC(n2cc(-c3cc(F)ccc3N)cn2)CC1. The van der Waals surface area contributed by atoms with Crippen molar-refractivity contribution in [3.63, 3.8) is 0 Å². The quantitative estimate of drug-likeness (QED) is 0.826. The van der Waals surface area contributed by atoms with Crippen molar-refractivity contribution in [3.8, 4) is 11.1 Å². The number of rotatable bonds is 2. The van der Waals surface area contributed by atoms with E-state index in [0.29, 0.717) is 24.3 Å². The molecular formula is C19H25FN4O2. The van der Waals surface area contributed by atoms with Gasteiger partial charge in [0.15, 0.2) is 0 Å². The first-order valence-corrected chi connectivity index (χ1v) is 8.80. The first-order chi connectivity index (χ1) is 12.2. The molecule has 0 unspecified atom stereocenters. The molecule has 0 radical (unpaired) electrons. The van der Waals surface area contributed by atoms with Crippen LogP contribution >= 0.6 is 0 Å². The van der Waals surface area contributed by atoms with Gasteiger partial charge >= 0.3 is 6.09 Å². The van der Waals surface area contributed by atoms with E-state index in [0.717, 1.165) is 18.4 Å². The van der Waals surface area contributed by atoms with Gasteiger partial charge in [-0.1, -0.05) is 0 Å². The van der Waals surface area contributed by atoms with E-state index in [9.17, 15) is 9.18 Å². The Morgan fingerprint density at radius 2 is 2.00 bits per heavy atom. The number of carbonyl (C=O) groups is 1. The minimum atomic E-state index is -0.490. The molecule has 2 aromatic rings. The first kappa shape index (κ1) is 18.2. The lowest BCUT2D eigenvalue weighted by molar-refractivity contribution is 0.0185. The third-order valence-electron chi connectivity index (χ3n) is 4.42. The molecule has 6 nitrogen and oxygen atoms in total. The number of anilines is 1. The zero-order valence-electron chi connectivity index (χ0n) is 15.4. The number of nitrogens with zero attached hydrogens (tertiary/aromatic N) is 3. The summed E-state index contributed by atoms with van der Waals surface area (Å²) >= 11 is 0.